The van der Waals surface area contributed by atoms with E-state index < -0.39 is 12.1 Å². The van der Waals surface area contributed by atoms with Crippen molar-refractivity contribution in [2.24, 2.45) is 0 Å². The molecule has 0 saturated heterocycles. The lowest BCUT2D eigenvalue weighted by Crippen LogP contribution is -2.23. The Kier molecular flexibility index (Phi) is 4.26. The van der Waals surface area contributed by atoms with Crippen LogP contribution in [0.3, 0.4) is 0 Å². The highest BCUT2D eigenvalue weighted by Gasteiger charge is 2.17. The van der Waals surface area contributed by atoms with Gasteiger partial charge in [0.05, 0.1) is 0 Å². The number of carbonyl (C=O) groups excluding carboxylic acids is 2. The largest absolute Gasteiger partial charge is 0.454 e. The summed E-state index contributed by atoms with van der Waals surface area (Å²) < 4.78 is 4.85. The second kappa shape index (κ2) is 5.48. The highest BCUT2D eigenvalue weighted by Crippen LogP contribution is 2.14. The maximum absolute atomic E-state index is 11.9. The SMILES string of the molecule is CC(=O)OC(C)C(=O)c1ccc(N(C)C)cc1. The van der Waals surface area contributed by atoms with Gasteiger partial charge in [0.1, 0.15) is 0 Å². The van der Waals surface area contributed by atoms with E-state index in [1.54, 1.807) is 19.1 Å². The molecule has 0 N–H and O–H groups in total. The average Bonchev–Trinajstić information content (AvgIpc) is 2.27. The van der Waals surface area contributed by atoms with Crippen molar-refractivity contribution >= 4 is 17.4 Å². The average molecular weight is 235 g/mol. The quantitative estimate of drug-likeness (QED) is 0.590. The molecule has 0 aliphatic rings. The molecule has 0 spiro atoms. The van der Waals surface area contributed by atoms with Gasteiger partial charge in [0.2, 0.25) is 5.78 Å². The molecule has 0 radical (unpaired) electrons. The summed E-state index contributed by atoms with van der Waals surface area (Å²) in [5, 5.41) is 0. The molecule has 4 heteroatoms. The first-order valence-corrected chi connectivity index (χ1v) is 5.40. The molecule has 1 aromatic carbocycles. The molecule has 1 rings (SSSR count). The number of rotatable bonds is 4. The first kappa shape index (κ1) is 13.2. The molecular weight excluding hydrogens is 218 g/mol. The number of hydrogen-bond acceptors (Lipinski definition) is 4. The fourth-order valence-corrected chi connectivity index (χ4v) is 1.46. The maximum atomic E-state index is 11.9. The molecule has 92 valence electrons. The third kappa shape index (κ3) is 3.59. The predicted octanol–water partition coefficient (Wildman–Crippen LogP) is 1.89. The molecule has 0 heterocycles. The monoisotopic (exact) mass is 235 g/mol. The van der Waals surface area contributed by atoms with E-state index in [0.717, 1.165) is 5.69 Å². The Hall–Kier alpha value is -1.84. The van der Waals surface area contributed by atoms with Crippen LogP contribution in [-0.4, -0.2) is 32.0 Å². The Morgan fingerprint density at radius 3 is 2.12 bits per heavy atom. The molecule has 1 aromatic rings. The lowest BCUT2D eigenvalue weighted by atomic mass is 10.1. The summed E-state index contributed by atoms with van der Waals surface area (Å²) in [5.41, 5.74) is 1.56. The van der Waals surface area contributed by atoms with Crippen molar-refractivity contribution in [3.63, 3.8) is 0 Å². The van der Waals surface area contributed by atoms with Crippen LogP contribution in [0.2, 0.25) is 0 Å². The van der Waals surface area contributed by atoms with Gasteiger partial charge in [-0.2, -0.15) is 0 Å². The number of benzene rings is 1. The summed E-state index contributed by atoms with van der Waals surface area (Å²) in [4.78, 5) is 24.6. The molecular formula is C13H17NO3. The molecule has 17 heavy (non-hydrogen) atoms. The van der Waals surface area contributed by atoms with Crippen LogP contribution in [0.5, 0.6) is 0 Å². The van der Waals surface area contributed by atoms with E-state index in [1.165, 1.54) is 6.92 Å². The van der Waals surface area contributed by atoms with Gasteiger partial charge in [-0.25, -0.2) is 0 Å². The number of hydrogen-bond donors (Lipinski definition) is 0. The summed E-state index contributed by atoms with van der Waals surface area (Å²) >= 11 is 0. The highest BCUT2D eigenvalue weighted by molar-refractivity contribution is 6.00. The summed E-state index contributed by atoms with van der Waals surface area (Å²) in [6.07, 6.45) is -0.738. The normalized spacial score (nSPS) is 11.8. The fraction of sp³-hybridized carbons (Fsp3) is 0.385. The zero-order chi connectivity index (χ0) is 13.0. The highest BCUT2D eigenvalue weighted by atomic mass is 16.5. The Balaban J connectivity index is 2.79. The fourth-order valence-electron chi connectivity index (χ4n) is 1.46. The second-order valence-corrected chi connectivity index (χ2v) is 4.06. The van der Waals surface area contributed by atoms with Crippen LogP contribution < -0.4 is 4.90 Å². The van der Waals surface area contributed by atoms with Gasteiger partial charge in [-0.15, -0.1) is 0 Å². The van der Waals surface area contributed by atoms with Crippen molar-refractivity contribution in [3.8, 4) is 0 Å². The Morgan fingerprint density at radius 2 is 1.71 bits per heavy atom. The van der Waals surface area contributed by atoms with Crippen LogP contribution in [0.4, 0.5) is 5.69 Å². The first-order valence-electron chi connectivity index (χ1n) is 5.40. The van der Waals surface area contributed by atoms with E-state index in [4.69, 9.17) is 4.74 Å². The topological polar surface area (TPSA) is 46.6 Å². The number of nitrogens with zero attached hydrogens (tertiary/aromatic N) is 1. The Bertz CT molecular complexity index is 409. The van der Waals surface area contributed by atoms with Crippen molar-refractivity contribution < 1.29 is 14.3 Å². The van der Waals surface area contributed by atoms with Gasteiger partial charge in [0.25, 0.3) is 0 Å². The van der Waals surface area contributed by atoms with Gasteiger partial charge in [-0.1, -0.05) is 0 Å². The van der Waals surface area contributed by atoms with Crippen molar-refractivity contribution in [2.75, 3.05) is 19.0 Å². The van der Waals surface area contributed by atoms with E-state index in [1.807, 2.05) is 31.1 Å². The first-order chi connectivity index (χ1) is 7.91. The molecule has 1 unspecified atom stereocenters. The minimum Gasteiger partial charge on any atom is -0.454 e. The van der Waals surface area contributed by atoms with Gasteiger partial charge >= 0.3 is 5.97 Å². The number of ketones is 1. The Morgan fingerprint density at radius 1 is 1.18 bits per heavy atom. The minimum atomic E-state index is -0.738. The zero-order valence-corrected chi connectivity index (χ0v) is 10.6. The van der Waals surface area contributed by atoms with E-state index >= 15 is 0 Å². The third-order valence-electron chi connectivity index (χ3n) is 2.38. The molecule has 1 atom stereocenters. The van der Waals surface area contributed by atoms with Crippen molar-refractivity contribution in [2.45, 2.75) is 20.0 Å². The number of Topliss-reactive ketones (excluding diaryl/α,β-unsaturated/α-hetero) is 1. The smallest absolute Gasteiger partial charge is 0.303 e. The summed E-state index contributed by atoms with van der Waals surface area (Å²) in [6, 6.07) is 7.18. The van der Waals surface area contributed by atoms with E-state index in [9.17, 15) is 9.59 Å². The van der Waals surface area contributed by atoms with Crippen molar-refractivity contribution in [1.29, 1.82) is 0 Å². The third-order valence-corrected chi connectivity index (χ3v) is 2.38. The molecule has 4 nitrogen and oxygen atoms in total. The molecule has 0 saturated carbocycles. The van der Waals surface area contributed by atoms with Crippen LogP contribution in [0.15, 0.2) is 24.3 Å². The summed E-state index contributed by atoms with van der Waals surface area (Å²) in [6.45, 7) is 2.86. The van der Waals surface area contributed by atoms with Crippen molar-refractivity contribution in [1.82, 2.24) is 0 Å². The molecule has 0 aliphatic carbocycles. The van der Waals surface area contributed by atoms with Crippen LogP contribution >= 0.6 is 0 Å². The molecule has 0 amide bonds. The number of esters is 1. The zero-order valence-electron chi connectivity index (χ0n) is 10.6. The van der Waals surface area contributed by atoms with Gasteiger partial charge in [-0.3, -0.25) is 9.59 Å². The van der Waals surface area contributed by atoms with Crippen LogP contribution in [-0.2, 0) is 9.53 Å². The van der Waals surface area contributed by atoms with Crippen molar-refractivity contribution in [3.05, 3.63) is 29.8 Å². The summed E-state index contributed by atoms with van der Waals surface area (Å²) in [7, 11) is 3.86. The lowest BCUT2D eigenvalue weighted by molar-refractivity contribution is -0.143. The van der Waals surface area contributed by atoms with Gasteiger partial charge < -0.3 is 9.64 Å². The standard InChI is InChI=1S/C13H17NO3/c1-9(17-10(2)15)13(16)11-5-7-12(8-6-11)14(3)4/h5-9H,1-4H3. The molecule has 0 aliphatic heterocycles. The number of anilines is 1. The van der Waals surface area contributed by atoms with E-state index in [0.29, 0.717) is 5.56 Å². The van der Waals surface area contributed by atoms with Crippen LogP contribution in [0.1, 0.15) is 24.2 Å². The molecule has 0 bridgehead atoms. The number of ether oxygens (including phenoxy) is 1. The minimum absolute atomic E-state index is 0.189. The molecule has 0 fully saturated rings. The van der Waals surface area contributed by atoms with E-state index in [-0.39, 0.29) is 5.78 Å². The van der Waals surface area contributed by atoms with Crippen LogP contribution in [0, 0.1) is 0 Å². The van der Waals surface area contributed by atoms with Gasteiger partial charge in [0.15, 0.2) is 6.10 Å². The molecule has 0 aromatic heterocycles. The maximum Gasteiger partial charge on any atom is 0.303 e. The number of carbonyl (C=O) groups is 2. The Labute approximate surface area is 101 Å². The van der Waals surface area contributed by atoms with Crippen LogP contribution in [0.25, 0.3) is 0 Å². The predicted molar refractivity (Wildman–Crippen MR) is 66.3 cm³/mol. The van der Waals surface area contributed by atoms with E-state index in [2.05, 4.69) is 0 Å². The second-order valence-electron chi connectivity index (χ2n) is 4.06. The summed E-state index contributed by atoms with van der Waals surface area (Å²) in [5.74, 6) is -0.638. The van der Waals surface area contributed by atoms with Gasteiger partial charge in [0, 0.05) is 32.3 Å². The lowest BCUT2D eigenvalue weighted by Gasteiger charge is -2.14. The van der Waals surface area contributed by atoms with Gasteiger partial charge in [-0.05, 0) is 31.2 Å².